The van der Waals surface area contributed by atoms with Crippen molar-refractivity contribution in [1.82, 2.24) is 9.97 Å². The van der Waals surface area contributed by atoms with Crippen LogP contribution in [0.1, 0.15) is 27.0 Å². The summed E-state index contributed by atoms with van der Waals surface area (Å²) < 4.78 is 77.9. The molecule has 0 radical (unpaired) electrons. The first-order valence-corrected chi connectivity index (χ1v) is 11.3. The first kappa shape index (κ1) is 26.9. The van der Waals surface area contributed by atoms with E-state index in [2.05, 4.69) is 20.6 Å². The Morgan fingerprint density at radius 3 is 2.24 bits per heavy atom. The van der Waals surface area contributed by atoms with Gasteiger partial charge in [0.05, 0.1) is 21.8 Å². The van der Waals surface area contributed by atoms with Crippen molar-refractivity contribution in [3.63, 3.8) is 0 Å². The fourth-order valence-electron chi connectivity index (χ4n) is 3.45. The largest absolute Gasteiger partial charge is 0.417 e. The maximum Gasteiger partial charge on any atom is 0.417 e. The van der Waals surface area contributed by atoms with Crippen molar-refractivity contribution >= 4 is 34.8 Å². The zero-order valence-electron chi connectivity index (χ0n) is 19.4. The fourth-order valence-corrected chi connectivity index (χ4v) is 3.68. The molecular weight excluding hydrogens is 534 g/mol. The first-order valence-electron chi connectivity index (χ1n) is 10.9. The second kappa shape index (κ2) is 10.3. The smallest absolute Gasteiger partial charge is 0.324 e. The van der Waals surface area contributed by atoms with E-state index in [9.17, 15) is 31.1 Å². The Balaban J connectivity index is 1.54. The van der Waals surface area contributed by atoms with Gasteiger partial charge < -0.3 is 10.6 Å². The van der Waals surface area contributed by atoms with E-state index in [4.69, 9.17) is 11.6 Å². The van der Waals surface area contributed by atoms with Crippen LogP contribution in [-0.2, 0) is 12.4 Å². The molecule has 1 heterocycles. The number of alkyl halides is 6. The molecule has 0 bridgehead atoms. The minimum Gasteiger partial charge on any atom is -0.324 e. The van der Waals surface area contributed by atoms with E-state index in [1.165, 1.54) is 42.6 Å². The molecule has 5 nitrogen and oxygen atoms in total. The number of amides is 1. The number of hydrogen-bond donors (Lipinski definition) is 2. The standard InChI is InChI=1S/C26H17ClF6N4O/c1-14-2-3-16(23(38)35-18-8-9-20(27)19(13-18)26(31,32)33)12-22(14)37-24-34-11-10-21(36-24)15-4-6-17(7-5-15)25(28,29)30/h2-13H,1H3,(H,35,38)(H,34,36,37). The predicted octanol–water partition coefficient (Wildman–Crippen LogP) is 8.14. The van der Waals surface area contributed by atoms with E-state index in [0.717, 1.165) is 24.3 Å². The van der Waals surface area contributed by atoms with Crippen molar-refractivity contribution in [1.29, 1.82) is 0 Å². The molecule has 0 unspecified atom stereocenters. The number of carbonyl (C=O) groups excluding carboxylic acids is 1. The number of nitrogens with zero attached hydrogens (tertiary/aromatic N) is 2. The number of anilines is 3. The van der Waals surface area contributed by atoms with Crippen LogP contribution in [0.25, 0.3) is 11.3 Å². The molecular formula is C26H17ClF6N4O. The van der Waals surface area contributed by atoms with E-state index in [-0.39, 0.29) is 17.2 Å². The van der Waals surface area contributed by atoms with Crippen LogP contribution < -0.4 is 10.6 Å². The van der Waals surface area contributed by atoms with Crippen molar-refractivity contribution in [2.45, 2.75) is 19.3 Å². The van der Waals surface area contributed by atoms with Gasteiger partial charge in [0.1, 0.15) is 0 Å². The van der Waals surface area contributed by atoms with Crippen LogP contribution in [0, 0.1) is 6.92 Å². The van der Waals surface area contributed by atoms with Crippen LogP contribution in [0.2, 0.25) is 5.02 Å². The van der Waals surface area contributed by atoms with Gasteiger partial charge in [0.2, 0.25) is 5.95 Å². The Bertz CT molecular complexity index is 1490. The molecule has 0 spiro atoms. The average Bonchev–Trinajstić information content (AvgIpc) is 2.85. The summed E-state index contributed by atoms with van der Waals surface area (Å²) in [5.41, 5.74) is 0.140. The molecule has 2 N–H and O–H groups in total. The van der Waals surface area contributed by atoms with Crippen LogP contribution in [0.3, 0.4) is 0 Å². The van der Waals surface area contributed by atoms with Gasteiger partial charge in [-0.3, -0.25) is 4.79 Å². The van der Waals surface area contributed by atoms with Gasteiger partial charge in [-0.1, -0.05) is 29.8 Å². The molecule has 4 rings (SSSR count). The Hall–Kier alpha value is -4.12. The lowest BCUT2D eigenvalue weighted by Crippen LogP contribution is -2.14. The monoisotopic (exact) mass is 550 g/mol. The van der Waals surface area contributed by atoms with E-state index in [0.29, 0.717) is 22.5 Å². The average molecular weight is 551 g/mol. The minimum absolute atomic E-state index is 0.0885. The fraction of sp³-hybridized carbons (Fsp3) is 0.115. The number of benzene rings is 3. The number of aryl methyl sites for hydroxylation is 1. The van der Waals surface area contributed by atoms with Gasteiger partial charge in [0.15, 0.2) is 0 Å². The normalized spacial score (nSPS) is 11.8. The molecule has 0 saturated carbocycles. The highest BCUT2D eigenvalue weighted by atomic mass is 35.5. The van der Waals surface area contributed by atoms with Crippen LogP contribution in [0.4, 0.5) is 43.7 Å². The van der Waals surface area contributed by atoms with E-state index < -0.39 is 34.4 Å². The molecule has 4 aromatic rings. The Morgan fingerprint density at radius 1 is 0.868 bits per heavy atom. The third kappa shape index (κ3) is 6.23. The molecule has 1 amide bonds. The van der Waals surface area contributed by atoms with Crippen LogP contribution >= 0.6 is 11.6 Å². The molecule has 196 valence electrons. The second-order valence-electron chi connectivity index (χ2n) is 8.14. The molecule has 12 heteroatoms. The van der Waals surface area contributed by atoms with Crippen LogP contribution in [0.15, 0.2) is 72.9 Å². The quantitative estimate of drug-likeness (QED) is 0.246. The molecule has 0 aliphatic rings. The number of nitrogens with one attached hydrogen (secondary N) is 2. The molecule has 0 saturated heterocycles. The maximum atomic E-state index is 13.1. The predicted molar refractivity (Wildman–Crippen MR) is 131 cm³/mol. The van der Waals surface area contributed by atoms with Crippen molar-refractivity contribution in [2.75, 3.05) is 10.6 Å². The summed E-state index contributed by atoms with van der Waals surface area (Å²) in [4.78, 5) is 21.2. The SMILES string of the molecule is Cc1ccc(C(=O)Nc2ccc(Cl)c(C(F)(F)F)c2)cc1Nc1nccc(-c2ccc(C(F)(F)F)cc2)n1. The highest BCUT2D eigenvalue weighted by Gasteiger charge is 2.33. The van der Waals surface area contributed by atoms with Crippen molar-refractivity contribution in [3.8, 4) is 11.3 Å². The van der Waals surface area contributed by atoms with Crippen molar-refractivity contribution in [2.24, 2.45) is 0 Å². The van der Waals surface area contributed by atoms with Gasteiger partial charge in [-0.2, -0.15) is 26.3 Å². The molecule has 0 atom stereocenters. The first-order chi connectivity index (χ1) is 17.8. The highest BCUT2D eigenvalue weighted by molar-refractivity contribution is 6.31. The van der Waals surface area contributed by atoms with Crippen LogP contribution in [-0.4, -0.2) is 15.9 Å². The zero-order valence-corrected chi connectivity index (χ0v) is 20.1. The summed E-state index contributed by atoms with van der Waals surface area (Å²) in [7, 11) is 0. The lowest BCUT2D eigenvalue weighted by atomic mass is 10.1. The molecule has 0 fully saturated rings. The summed E-state index contributed by atoms with van der Waals surface area (Å²) in [5.74, 6) is -0.543. The summed E-state index contributed by atoms with van der Waals surface area (Å²) in [5, 5.41) is 4.89. The minimum atomic E-state index is -4.69. The van der Waals surface area contributed by atoms with E-state index in [1.54, 1.807) is 13.0 Å². The van der Waals surface area contributed by atoms with Gasteiger partial charge in [0.25, 0.3) is 5.91 Å². The molecule has 38 heavy (non-hydrogen) atoms. The van der Waals surface area contributed by atoms with Gasteiger partial charge in [-0.05, 0) is 61.0 Å². The topological polar surface area (TPSA) is 66.9 Å². The number of aromatic nitrogens is 2. The van der Waals surface area contributed by atoms with E-state index >= 15 is 0 Å². The van der Waals surface area contributed by atoms with Gasteiger partial charge in [-0.15, -0.1) is 0 Å². The Labute approximate surface area is 217 Å². The van der Waals surface area contributed by atoms with Gasteiger partial charge in [-0.25, -0.2) is 9.97 Å². The number of rotatable bonds is 5. The molecule has 0 aliphatic heterocycles. The van der Waals surface area contributed by atoms with Crippen molar-refractivity contribution < 1.29 is 31.1 Å². The maximum absolute atomic E-state index is 13.1. The summed E-state index contributed by atoms with van der Waals surface area (Å²) >= 11 is 5.63. The highest BCUT2D eigenvalue weighted by Crippen LogP contribution is 2.36. The second-order valence-corrected chi connectivity index (χ2v) is 8.55. The zero-order chi connectivity index (χ0) is 27.7. The molecule has 3 aromatic carbocycles. The summed E-state index contributed by atoms with van der Waals surface area (Å²) in [6.07, 6.45) is -7.72. The molecule has 1 aromatic heterocycles. The summed E-state index contributed by atoms with van der Waals surface area (Å²) in [6.45, 7) is 1.75. The van der Waals surface area contributed by atoms with Gasteiger partial charge >= 0.3 is 12.4 Å². The number of halogens is 7. The lowest BCUT2D eigenvalue weighted by molar-refractivity contribution is -0.138. The summed E-state index contributed by atoms with van der Waals surface area (Å²) in [6, 6.07) is 13.7. The lowest BCUT2D eigenvalue weighted by Gasteiger charge is -2.13. The molecule has 0 aliphatic carbocycles. The van der Waals surface area contributed by atoms with E-state index in [1.807, 2.05) is 0 Å². The van der Waals surface area contributed by atoms with Crippen LogP contribution in [0.5, 0.6) is 0 Å². The third-order valence-corrected chi connectivity index (χ3v) is 5.77. The number of hydrogen-bond acceptors (Lipinski definition) is 4. The van der Waals surface area contributed by atoms with Crippen molar-refractivity contribution in [3.05, 3.63) is 100 Å². The Morgan fingerprint density at radius 2 is 1.58 bits per heavy atom. The number of carbonyl (C=O) groups is 1. The Kier molecular flexibility index (Phi) is 7.32. The third-order valence-electron chi connectivity index (χ3n) is 5.44. The van der Waals surface area contributed by atoms with Gasteiger partial charge in [0, 0.05) is 28.7 Å².